The highest BCUT2D eigenvalue weighted by Crippen LogP contribution is 2.41. The van der Waals surface area contributed by atoms with Crippen LogP contribution in [0.25, 0.3) is 22.3 Å². The SMILES string of the molecule is CC1(C)CNCCC1CNc1nc(-c2ccnc(Nc3nc(F)c(F)cc3F)c2)nc2cncc(C3CCC3)c12. The van der Waals surface area contributed by atoms with Gasteiger partial charge in [0.05, 0.1) is 11.7 Å². The average molecular weight is 549 g/mol. The van der Waals surface area contributed by atoms with Gasteiger partial charge in [-0.2, -0.15) is 9.37 Å². The molecule has 1 saturated carbocycles. The predicted molar refractivity (Wildman–Crippen MR) is 148 cm³/mol. The zero-order valence-electron chi connectivity index (χ0n) is 22.4. The second-order valence-electron chi connectivity index (χ2n) is 11.3. The number of piperidine rings is 1. The smallest absolute Gasteiger partial charge is 0.251 e. The molecule has 0 amide bonds. The fourth-order valence-corrected chi connectivity index (χ4v) is 5.51. The first-order chi connectivity index (χ1) is 19.3. The standard InChI is InChI=1S/C29H31F3N8/c1-29(2)15-33-8-7-18(29)12-36-28-24-19(16-4-3-5-16)13-34-14-22(24)37-26(40-28)17-6-9-35-23(10-17)38-27-21(31)11-20(30)25(32)39-27/h6,9-11,13-14,16,18,33H,3-5,7-8,12,15H2,1-2H3,(H,35,38,39)(H,36,37,40). The maximum atomic E-state index is 14.2. The molecular weight excluding hydrogens is 517 g/mol. The van der Waals surface area contributed by atoms with Crippen LogP contribution in [-0.4, -0.2) is 44.6 Å². The first-order valence-electron chi connectivity index (χ1n) is 13.6. The second-order valence-corrected chi connectivity index (χ2v) is 11.3. The van der Waals surface area contributed by atoms with Crippen LogP contribution in [0.15, 0.2) is 36.8 Å². The molecule has 11 heteroatoms. The molecule has 8 nitrogen and oxygen atoms in total. The molecule has 0 radical (unpaired) electrons. The van der Waals surface area contributed by atoms with Crippen LogP contribution in [0.4, 0.5) is 30.6 Å². The number of nitrogens with one attached hydrogen (secondary N) is 3. The summed E-state index contributed by atoms with van der Waals surface area (Å²) >= 11 is 0. The van der Waals surface area contributed by atoms with E-state index in [-0.39, 0.29) is 11.2 Å². The van der Waals surface area contributed by atoms with Crippen LogP contribution >= 0.6 is 0 Å². The topological polar surface area (TPSA) is 101 Å². The van der Waals surface area contributed by atoms with Crippen molar-refractivity contribution in [3.63, 3.8) is 0 Å². The fourth-order valence-electron chi connectivity index (χ4n) is 5.51. The second kappa shape index (κ2) is 10.6. The molecule has 1 aliphatic heterocycles. The van der Waals surface area contributed by atoms with Crippen LogP contribution in [0.1, 0.15) is 51.0 Å². The quantitative estimate of drug-likeness (QED) is 0.243. The van der Waals surface area contributed by atoms with E-state index in [2.05, 4.69) is 44.7 Å². The summed E-state index contributed by atoms with van der Waals surface area (Å²) in [7, 11) is 0. The number of aromatic nitrogens is 5. The lowest BCUT2D eigenvalue weighted by Gasteiger charge is -2.39. The van der Waals surface area contributed by atoms with Crippen molar-refractivity contribution in [2.75, 3.05) is 30.3 Å². The Kier molecular flexibility index (Phi) is 6.99. The number of hydrogen-bond donors (Lipinski definition) is 3. The van der Waals surface area contributed by atoms with E-state index in [9.17, 15) is 13.2 Å². The van der Waals surface area contributed by atoms with Gasteiger partial charge < -0.3 is 16.0 Å². The van der Waals surface area contributed by atoms with Gasteiger partial charge in [-0.05, 0) is 60.8 Å². The van der Waals surface area contributed by atoms with Gasteiger partial charge in [-0.25, -0.2) is 23.7 Å². The van der Waals surface area contributed by atoms with Crippen LogP contribution in [0.2, 0.25) is 0 Å². The van der Waals surface area contributed by atoms with Crippen LogP contribution < -0.4 is 16.0 Å². The van der Waals surface area contributed by atoms with Crippen molar-refractivity contribution in [2.45, 2.75) is 45.4 Å². The molecule has 0 bridgehead atoms. The summed E-state index contributed by atoms with van der Waals surface area (Å²) < 4.78 is 41.1. The van der Waals surface area contributed by atoms with E-state index in [0.29, 0.717) is 29.3 Å². The molecule has 2 fully saturated rings. The molecule has 4 aromatic rings. The van der Waals surface area contributed by atoms with Gasteiger partial charge in [0.1, 0.15) is 11.6 Å². The molecule has 4 aromatic heterocycles. The highest BCUT2D eigenvalue weighted by molar-refractivity contribution is 5.93. The van der Waals surface area contributed by atoms with Gasteiger partial charge in [0, 0.05) is 42.5 Å². The summed E-state index contributed by atoms with van der Waals surface area (Å²) in [6.45, 7) is 7.30. The van der Waals surface area contributed by atoms with Gasteiger partial charge in [-0.3, -0.25) is 4.98 Å². The Labute approximate surface area is 230 Å². The molecule has 1 atom stereocenters. The third kappa shape index (κ3) is 5.17. The van der Waals surface area contributed by atoms with Gasteiger partial charge in [0.25, 0.3) is 5.95 Å². The molecule has 1 unspecified atom stereocenters. The maximum absolute atomic E-state index is 14.2. The maximum Gasteiger partial charge on any atom is 0.251 e. The van der Waals surface area contributed by atoms with Gasteiger partial charge >= 0.3 is 0 Å². The minimum Gasteiger partial charge on any atom is -0.369 e. The average Bonchev–Trinajstić information content (AvgIpc) is 2.90. The summed E-state index contributed by atoms with van der Waals surface area (Å²) in [5.74, 6) is -1.97. The molecular formula is C29H31F3N8. The molecule has 208 valence electrons. The Bertz CT molecular complexity index is 1560. The lowest BCUT2D eigenvalue weighted by Crippen LogP contribution is -2.45. The third-order valence-corrected chi connectivity index (χ3v) is 8.20. The van der Waals surface area contributed by atoms with E-state index >= 15 is 0 Å². The predicted octanol–water partition coefficient (Wildman–Crippen LogP) is 5.96. The normalized spacial score (nSPS) is 18.9. The molecule has 1 saturated heterocycles. The van der Waals surface area contributed by atoms with E-state index in [1.54, 1.807) is 18.3 Å². The Morgan fingerprint density at radius 3 is 2.62 bits per heavy atom. The number of pyridine rings is 3. The van der Waals surface area contributed by atoms with Crippen LogP contribution in [0.5, 0.6) is 0 Å². The van der Waals surface area contributed by atoms with Gasteiger partial charge in [-0.1, -0.05) is 20.3 Å². The van der Waals surface area contributed by atoms with Crippen LogP contribution in [0.3, 0.4) is 0 Å². The summed E-state index contributed by atoms with van der Waals surface area (Å²) in [5.41, 5.74) is 2.66. The van der Waals surface area contributed by atoms with Crippen LogP contribution in [0, 0.1) is 28.9 Å². The Morgan fingerprint density at radius 1 is 1.00 bits per heavy atom. The first-order valence-corrected chi connectivity index (χ1v) is 13.6. The number of nitrogens with zero attached hydrogens (tertiary/aromatic N) is 5. The van der Waals surface area contributed by atoms with E-state index < -0.39 is 23.4 Å². The van der Waals surface area contributed by atoms with Gasteiger partial charge in [0.2, 0.25) is 0 Å². The third-order valence-electron chi connectivity index (χ3n) is 8.20. The van der Waals surface area contributed by atoms with Crippen molar-refractivity contribution in [3.05, 3.63) is 59.9 Å². The monoisotopic (exact) mass is 548 g/mol. The zero-order chi connectivity index (χ0) is 27.9. The van der Waals surface area contributed by atoms with E-state index in [4.69, 9.17) is 9.97 Å². The highest BCUT2D eigenvalue weighted by Gasteiger charge is 2.32. The van der Waals surface area contributed by atoms with Crippen molar-refractivity contribution in [1.82, 2.24) is 30.2 Å². The Balaban J connectivity index is 1.37. The molecule has 3 N–H and O–H groups in total. The summed E-state index contributed by atoms with van der Waals surface area (Å²) in [5, 5.41) is 10.8. The van der Waals surface area contributed by atoms with Crippen molar-refractivity contribution in [1.29, 1.82) is 0 Å². The number of halogens is 3. The minimum atomic E-state index is -1.40. The van der Waals surface area contributed by atoms with Crippen molar-refractivity contribution >= 4 is 28.4 Å². The lowest BCUT2D eigenvalue weighted by molar-refractivity contribution is 0.166. The molecule has 2 aliphatic rings. The first kappa shape index (κ1) is 26.4. The summed E-state index contributed by atoms with van der Waals surface area (Å²) in [6.07, 6.45) is 9.72. The van der Waals surface area contributed by atoms with E-state index in [1.807, 2.05) is 6.20 Å². The molecule has 5 heterocycles. The van der Waals surface area contributed by atoms with Gasteiger partial charge in [0.15, 0.2) is 23.3 Å². The molecule has 40 heavy (non-hydrogen) atoms. The van der Waals surface area contributed by atoms with Crippen LogP contribution in [-0.2, 0) is 0 Å². The minimum absolute atomic E-state index is 0.143. The molecule has 0 aromatic carbocycles. The largest absolute Gasteiger partial charge is 0.369 e. The van der Waals surface area contributed by atoms with Gasteiger partial charge in [-0.15, -0.1) is 0 Å². The lowest BCUT2D eigenvalue weighted by atomic mass is 9.74. The van der Waals surface area contributed by atoms with Crippen molar-refractivity contribution < 1.29 is 13.2 Å². The number of fused-ring (bicyclic) bond motifs is 1. The molecule has 6 rings (SSSR count). The Hall–Kier alpha value is -3.86. The number of hydrogen-bond acceptors (Lipinski definition) is 8. The number of anilines is 3. The molecule has 0 spiro atoms. The van der Waals surface area contributed by atoms with Crippen molar-refractivity contribution in [2.24, 2.45) is 11.3 Å². The summed E-state index contributed by atoms with van der Waals surface area (Å²) in [4.78, 5) is 21.8. The Morgan fingerprint density at radius 2 is 1.85 bits per heavy atom. The summed E-state index contributed by atoms with van der Waals surface area (Å²) in [6, 6.07) is 3.80. The zero-order valence-corrected chi connectivity index (χ0v) is 22.4. The van der Waals surface area contributed by atoms with E-state index in [0.717, 1.165) is 55.6 Å². The highest BCUT2D eigenvalue weighted by atomic mass is 19.2. The fraction of sp³-hybridized carbons (Fsp3) is 0.414. The van der Waals surface area contributed by atoms with Crippen molar-refractivity contribution in [3.8, 4) is 11.4 Å². The molecule has 1 aliphatic carbocycles. The van der Waals surface area contributed by atoms with E-state index in [1.165, 1.54) is 18.2 Å². The number of rotatable bonds is 7.